The van der Waals surface area contributed by atoms with Crippen LogP contribution in [0.4, 0.5) is 10.1 Å². The van der Waals surface area contributed by atoms with E-state index in [1.165, 1.54) is 28.9 Å². The Morgan fingerprint density at radius 2 is 1.97 bits per heavy atom. The third-order valence-corrected chi connectivity index (χ3v) is 5.86. The van der Waals surface area contributed by atoms with E-state index in [9.17, 15) is 29.0 Å². The lowest BCUT2D eigenvalue weighted by molar-refractivity contribution is -0.135. The summed E-state index contributed by atoms with van der Waals surface area (Å²) in [4.78, 5) is 38.8. The molecule has 3 aromatic rings. The molecule has 3 rings (SSSR count). The summed E-state index contributed by atoms with van der Waals surface area (Å²) in [7, 11) is 0. The number of carbonyl (C=O) groups excluding carboxylic acids is 3. The number of hydrogen-bond donors (Lipinski definition) is 5. The van der Waals surface area contributed by atoms with Crippen LogP contribution in [0.15, 0.2) is 48.7 Å². The van der Waals surface area contributed by atoms with Crippen LogP contribution in [0.1, 0.15) is 28.5 Å². The standard InChI is InChI=1S/C24H26ClFN6O5/c1-13(12-34)31(10-20(35)29-18(7-8-33)15-3-2-4-17(25)22(15)26)21(36)11-32-19-6-5-14(27)9-16(19)23(30-32)24(28)37/h2-6,9,18,33-34H,1,7-8,10-12,27H2,(H2,28,37)(H,29,35)/t18-/m0/s1. The van der Waals surface area contributed by atoms with E-state index in [1.54, 1.807) is 12.1 Å². The van der Waals surface area contributed by atoms with Crippen molar-refractivity contribution in [1.82, 2.24) is 20.0 Å². The van der Waals surface area contributed by atoms with Crippen LogP contribution in [0.25, 0.3) is 10.9 Å². The topological polar surface area (TPSA) is 177 Å². The SMILES string of the molecule is C=C(CO)N(CC(=O)N[C@@H](CCO)c1cccc(Cl)c1F)C(=O)Cn1nc(C(N)=O)c2cc(N)ccc21. The molecule has 0 saturated carbocycles. The largest absolute Gasteiger partial charge is 0.399 e. The number of fused-ring (bicyclic) bond motifs is 1. The molecule has 0 spiro atoms. The highest BCUT2D eigenvalue weighted by Crippen LogP contribution is 2.26. The third kappa shape index (κ3) is 6.23. The Hall–Kier alpha value is -4.00. The zero-order chi connectivity index (χ0) is 27.3. The summed E-state index contributed by atoms with van der Waals surface area (Å²) in [6, 6.07) is 7.96. The highest BCUT2D eigenvalue weighted by atomic mass is 35.5. The summed E-state index contributed by atoms with van der Waals surface area (Å²) >= 11 is 5.84. The fraction of sp³-hybridized carbons (Fsp3) is 0.250. The number of nitrogens with one attached hydrogen (secondary N) is 1. The highest BCUT2D eigenvalue weighted by molar-refractivity contribution is 6.30. The number of aliphatic hydroxyl groups excluding tert-OH is 2. The van der Waals surface area contributed by atoms with Gasteiger partial charge in [-0.05, 0) is 30.7 Å². The summed E-state index contributed by atoms with van der Waals surface area (Å²) in [6.45, 7) is 1.64. The van der Waals surface area contributed by atoms with Crippen LogP contribution in [0.2, 0.25) is 5.02 Å². The van der Waals surface area contributed by atoms with Crippen LogP contribution < -0.4 is 16.8 Å². The molecule has 13 heteroatoms. The normalized spacial score (nSPS) is 11.8. The molecule has 37 heavy (non-hydrogen) atoms. The highest BCUT2D eigenvalue weighted by Gasteiger charge is 2.25. The van der Waals surface area contributed by atoms with Crippen molar-refractivity contribution in [3.05, 3.63) is 70.8 Å². The van der Waals surface area contributed by atoms with E-state index in [0.717, 1.165) is 4.90 Å². The third-order valence-electron chi connectivity index (χ3n) is 5.57. The van der Waals surface area contributed by atoms with Gasteiger partial charge in [0.1, 0.15) is 18.9 Å². The number of benzene rings is 2. The molecule has 0 bridgehead atoms. The lowest BCUT2D eigenvalue weighted by Crippen LogP contribution is -2.43. The lowest BCUT2D eigenvalue weighted by Gasteiger charge is -2.25. The van der Waals surface area contributed by atoms with Crippen LogP contribution in [-0.4, -0.2) is 62.4 Å². The number of aliphatic hydroxyl groups is 2. The molecule has 196 valence electrons. The number of nitrogens with two attached hydrogens (primary N) is 2. The minimum absolute atomic E-state index is 0.0177. The summed E-state index contributed by atoms with van der Waals surface area (Å²) < 4.78 is 15.8. The number of primary amides is 1. The minimum atomic E-state index is -0.936. The van der Waals surface area contributed by atoms with Crippen molar-refractivity contribution < 1.29 is 29.0 Å². The average Bonchev–Trinajstić information content (AvgIpc) is 3.21. The molecule has 2 aromatic carbocycles. The Morgan fingerprint density at radius 1 is 1.24 bits per heavy atom. The Labute approximate surface area is 216 Å². The maximum Gasteiger partial charge on any atom is 0.269 e. The number of carbonyl (C=O) groups is 3. The fourth-order valence-electron chi connectivity index (χ4n) is 3.78. The van der Waals surface area contributed by atoms with E-state index in [-0.39, 0.29) is 35.0 Å². The molecule has 1 aromatic heterocycles. The van der Waals surface area contributed by atoms with Gasteiger partial charge in [0, 0.05) is 28.9 Å². The molecule has 7 N–H and O–H groups in total. The van der Waals surface area contributed by atoms with Gasteiger partial charge in [-0.2, -0.15) is 5.10 Å². The molecule has 0 aliphatic carbocycles. The van der Waals surface area contributed by atoms with Gasteiger partial charge in [0.2, 0.25) is 11.8 Å². The molecule has 0 fully saturated rings. The van der Waals surface area contributed by atoms with Gasteiger partial charge in [-0.25, -0.2) is 4.39 Å². The fourth-order valence-corrected chi connectivity index (χ4v) is 3.96. The molecule has 1 atom stereocenters. The van der Waals surface area contributed by atoms with Gasteiger partial charge in [0.15, 0.2) is 5.69 Å². The molecular weight excluding hydrogens is 507 g/mol. The van der Waals surface area contributed by atoms with Gasteiger partial charge in [-0.3, -0.25) is 19.1 Å². The molecule has 0 aliphatic heterocycles. The van der Waals surface area contributed by atoms with Crippen LogP contribution in [0, 0.1) is 5.82 Å². The second-order valence-corrected chi connectivity index (χ2v) is 8.53. The molecule has 3 amide bonds. The summed E-state index contributed by atoms with van der Waals surface area (Å²) in [5.41, 5.74) is 11.9. The zero-order valence-electron chi connectivity index (χ0n) is 19.7. The average molecular weight is 533 g/mol. The van der Waals surface area contributed by atoms with Crippen molar-refractivity contribution in [3.8, 4) is 0 Å². The molecule has 0 radical (unpaired) electrons. The monoisotopic (exact) mass is 532 g/mol. The minimum Gasteiger partial charge on any atom is -0.399 e. The number of nitrogens with zero attached hydrogens (tertiary/aromatic N) is 3. The van der Waals surface area contributed by atoms with Crippen LogP contribution in [-0.2, 0) is 16.1 Å². The quantitative estimate of drug-likeness (QED) is 0.229. The Kier molecular flexibility index (Phi) is 8.81. The maximum absolute atomic E-state index is 14.5. The summed E-state index contributed by atoms with van der Waals surface area (Å²) in [5, 5.41) is 25.9. The Bertz CT molecular complexity index is 1360. The summed E-state index contributed by atoms with van der Waals surface area (Å²) in [5.74, 6) is -2.95. The Balaban J connectivity index is 1.83. The number of aromatic nitrogens is 2. The zero-order valence-corrected chi connectivity index (χ0v) is 20.4. The van der Waals surface area contributed by atoms with Crippen molar-refractivity contribution in [3.63, 3.8) is 0 Å². The summed E-state index contributed by atoms with van der Waals surface area (Å²) in [6.07, 6.45) is -0.0177. The Morgan fingerprint density at radius 3 is 2.62 bits per heavy atom. The van der Waals surface area contributed by atoms with Crippen LogP contribution in [0.5, 0.6) is 0 Å². The second-order valence-electron chi connectivity index (χ2n) is 8.13. The van der Waals surface area contributed by atoms with Crippen molar-refractivity contribution >= 4 is 45.9 Å². The van der Waals surface area contributed by atoms with Crippen molar-refractivity contribution in [2.75, 3.05) is 25.5 Å². The van der Waals surface area contributed by atoms with E-state index in [4.69, 9.17) is 23.1 Å². The second kappa shape index (κ2) is 11.8. The van der Waals surface area contributed by atoms with Crippen LogP contribution in [0.3, 0.4) is 0 Å². The number of amides is 3. The number of rotatable bonds is 11. The van der Waals surface area contributed by atoms with Crippen molar-refractivity contribution in [1.29, 1.82) is 0 Å². The predicted octanol–water partition coefficient (Wildman–Crippen LogP) is 1.08. The van der Waals surface area contributed by atoms with Gasteiger partial charge >= 0.3 is 0 Å². The number of hydrogen-bond acceptors (Lipinski definition) is 7. The number of anilines is 1. The first-order chi connectivity index (χ1) is 17.6. The smallest absolute Gasteiger partial charge is 0.269 e. The molecule has 1 heterocycles. The molecule has 0 aliphatic rings. The van der Waals surface area contributed by atoms with E-state index in [2.05, 4.69) is 17.0 Å². The van der Waals surface area contributed by atoms with E-state index < -0.39 is 49.3 Å². The van der Waals surface area contributed by atoms with Gasteiger partial charge in [0.25, 0.3) is 5.91 Å². The van der Waals surface area contributed by atoms with E-state index in [0.29, 0.717) is 16.6 Å². The van der Waals surface area contributed by atoms with E-state index >= 15 is 0 Å². The maximum atomic E-state index is 14.5. The number of nitrogen functional groups attached to an aromatic ring is 1. The van der Waals surface area contributed by atoms with Crippen molar-refractivity contribution in [2.24, 2.45) is 5.73 Å². The first kappa shape index (κ1) is 27.6. The molecular formula is C24H26ClFN6O5. The van der Waals surface area contributed by atoms with Crippen LogP contribution >= 0.6 is 11.6 Å². The lowest BCUT2D eigenvalue weighted by atomic mass is 10.0. The first-order valence-electron chi connectivity index (χ1n) is 11.1. The molecule has 0 unspecified atom stereocenters. The number of halogens is 2. The van der Waals surface area contributed by atoms with Gasteiger partial charge in [-0.1, -0.05) is 30.3 Å². The van der Waals surface area contributed by atoms with Gasteiger partial charge in [-0.15, -0.1) is 0 Å². The van der Waals surface area contributed by atoms with E-state index in [1.807, 2.05) is 0 Å². The molecule has 11 nitrogen and oxygen atoms in total. The molecule has 0 saturated heterocycles. The van der Waals surface area contributed by atoms with Crippen molar-refractivity contribution in [2.45, 2.75) is 19.0 Å². The van der Waals surface area contributed by atoms with Gasteiger partial charge < -0.3 is 31.9 Å². The predicted molar refractivity (Wildman–Crippen MR) is 135 cm³/mol. The first-order valence-corrected chi connectivity index (χ1v) is 11.4. The van der Waals surface area contributed by atoms with Gasteiger partial charge in [0.05, 0.1) is 23.2 Å².